The summed E-state index contributed by atoms with van der Waals surface area (Å²) in [4.78, 5) is 24.2. The molecule has 0 aliphatic rings. The Hall–Kier alpha value is -2.53. The van der Waals surface area contributed by atoms with Crippen LogP contribution in [-0.2, 0) is 9.53 Å². The van der Waals surface area contributed by atoms with Crippen molar-refractivity contribution in [3.8, 4) is 0 Å². The van der Waals surface area contributed by atoms with E-state index < -0.39 is 5.97 Å². The van der Waals surface area contributed by atoms with E-state index in [1.54, 1.807) is 31.2 Å². The fourth-order valence-electron chi connectivity index (χ4n) is 2.48. The second-order valence-corrected chi connectivity index (χ2v) is 6.01. The molecule has 0 aliphatic heterocycles. The summed E-state index contributed by atoms with van der Waals surface area (Å²) in [5, 5.41) is 6.33. The minimum absolute atomic E-state index is 0.0286. The van der Waals surface area contributed by atoms with Gasteiger partial charge in [0.1, 0.15) is 0 Å². The standard InChI is InChI=1S/C19H21ClN2O3/c1-4-25-19(24)14-7-5-6-8-16(14)22-17(23)11-21-18-13(3)9-12(2)10-15(18)20/h5-10,21H,4,11H2,1-3H3,(H,22,23). The molecule has 2 N–H and O–H groups in total. The van der Waals surface area contributed by atoms with Crippen LogP contribution in [0.2, 0.25) is 5.02 Å². The van der Waals surface area contributed by atoms with E-state index in [1.807, 2.05) is 26.0 Å². The number of benzene rings is 2. The number of ether oxygens (including phenoxy) is 1. The van der Waals surface area contributed by atoms with Crippen LogP contribution in [0.15, 0.2) is 36.4 Å². The Kier molecular flexibility index (Phi) is 6.42. The smallest absolute Gasteiger partial charge is 0.340 e. The minimum Gasteiger partial charge on any atom is -0.462 e. The topological polar surface area (TPSA) is 67.4 Å². The SMILES string of the molecule is CCOC(=O)c1ccccc1NC(=O)CNc1c(C)cc(C)cc1Cl. The molecule has 2 aromatic carbocycles. The highest BCUT2D eigenvalue weighted by Crippen LogP contribution is 2.27. The summed E-state index contributed by atoms with van der Waals surface area (Å²) < 4.78 is 5.00. The lowest BCUT2D eigenvalue weighted by atomic mass is 10.1. The summed E-state index contributed by atoms with van der Waals surface area (Å²) in [6.45, 7) is 5.92. The zero-order chi connectivity index (χ0) is 18.4. The molecule has 0 saturated heterocycles. The third kappa shape index (κ3) is 4.97. The largest absolute Gasteiger partial charge is 0.462 e. The second-order valence-electron chi connectivity index (χ2n) is 5.61. The first-order valence-corrected chi connectivity index (χ1v) is 8.36. The van der Waals surface area contributed by atoms with Crippen LogP contribution in [0.5, 0.6) is 0 Å². The first-order chi connectivity index (χ1) is 11.9. The molecule has 0 unspecified atom stereocenters. The summed E-state index contributed by atoms with van der Waals surface area (Å²) >= 11 is 6.22. The molecule has 2 aromatic rings. The molecule has 2 rings (SSSR count). The molecular formula is C19H21ClN2O3. The van der Waals surface area contributed by atoms with Gasteiger partial charge in [-0.15, -0.1) is 0 Å². The van der Waals surface area contributed by atoms with Crippen molar-refractivity contribution >= 4 is 34.9 Å². The Morgan fingerprint density at radius 2 is 1.88 bits per heavy atom. The molecule has 1 amide bonds. The average Bonchev–Trinajstić information content (AvgIpc) is 2.54. The number of nitrogens with one attached hydrogen (secondary N) is 2. The van der Waals surface area contributed by atoms with E-state index in [4.69, 9.17) is 16.3 Å². The van der Waals surface area contributed by atoms with Gasteiger partial charge in [-0.3, -0.25) is 4.79 Å². The van der Waals surface area contributed by atoms with Crippen LogP contribution in [0.4, 0.5) is 11.4 Å². The molecule has 0 bridgehead atoms. The number of halogens is 1. The van der Waals surface area contributed by atoms with Gasteiger partial charge in [0.05, 0.1) is 35.1 Å². The maximum atomic E-state index is 12.2. The number of esters is 1. The Morgan fingerprint density at radius 1 is 1.16 bits per heavy atom. The number of anilines is 2. The Balaban J connectivity index is 2.06. The van der Waals surface area contributed by atoms with E-state index in [-0.39, 0.29) is 19.1 Å². The number of hydrogen-bond donors (Lipinski definition) is 2. The predicted octanol–water partition coefficient (Wildman–Crippen LogP) is 4.18. The third-order valence-electron chi connectivity index (χ3n) is 3.55. The van der Waals surface area contributed by atoms with Crippen molar-refractivity contribution < 1.29 is 14.3 Å². The van der Waals surface area contributed by atoms with Crippen molar-refractivity contribution in [3.05, 3.63) is 58.1 Å². The molecule has 25 heavy (non-hydrogen) atoms. The van der Waals surface area contributed by atoms with Gasteiger partial charge in [-0.1, -0.05) is 29.8 Å². The quantitative estimate of drug-likeness (QED) is 0.758. The summed E-state index contributed by atoms with van der Waals surface area (Å²) in [5.41, 5.74) is 3.48. The molecule has 5 nitrogen and oxygen atoms in total. The Labute approximate surface area is 152 Å². The van der Waals surface area contributed by atoms with Crippen molar-refractivity contribution in [2.75, 3.05) is 23.8 Å². The first-order valence-electron chi connectivity index (χ1n) is 7.99. The summed E-state index contributed by atoms with van der Waals surface area (Å²) in [7, 11) is 0. The molecular weight excluding hydrogens is 340 g/mol. The van der Waals surface area contributed by atoms with E-state index in [0.717, 1.165) is 16.8 Å². The van der Waals surface area contributed by atoms with Gasteiger partial charge in [0, 0.05) is 0 Å². The summed E-state index contributed by atoms with van der Waals surface area (Å²) in [6.07, 6.45) is 0. The van der Waals surface area contributed by atoms with Crippen LogP contribution in [0.25, 0.3) is 0 Å². The highest BCUT2D eigenvalue weighted by atomic mass is 35.5. The van der Waals surface area contributed by atoms with Crippen molar-refractivity contribution in [2.45, 2.75) is 20.8 Å². The average molecular weight is 361 g/mol. The second kappa shape index (κ2) is 8.53. The number of para-hydroxylation sites is 1. The summed E-state index contributed by atoms with van der Waals surface area (Å²) in [6, 6.07) is 10.6. The van der Waals surface area contributed by atoms with Gasteiger partial charge in [0.15, 0.2) is 0 Å². The third-order valence-corrected chi connectivity index (χ3v) is 3.85. The van der Waals surface area contributed by atoms with Crippen LogP contribution in [0, 0.1) is 13.8 Å². The monoisotopic (exact) mass is 360 g/mol. The van der Waals surface area contributed by atoms with Crippen molar-refractivity contribution in [1.82, 2.24) is 0 Å². The molecule has 6 heteroatoms. The van der Waals surface area contributed by atoms with E-state index in [2.05, 4.69) is 10.6 Å². The number of hydrogen-bond acceptors (Lipinski definition) is 4. The van der Waals surface area contributed by atoms with Crippen molar-refractivity contribution in [1.29, 1.82) is 0 Å². The fourth-order valence-corrected chi connectivity index (χ4v) is 2.87. The van der Waals surface area contributed by atoms with Gasteiger partial charge in [-0.05, 0) is 50.1 Å². The molecule has 0 radical (unpaired) electrons. The summed E-state index contributed by atoms with van der Waals surface area (Å²) in [5.74, 6) is -0.753. The lowest BCUT2D eigenvalue weighted by Crippen LogP contribution is -2.23. The first kappa shape index (κ1) is 18.8. The number of carbonyl (C=O) groups excluding carboxylic acids is 2. The van der Waals surface area contributed by atoms with Gasteiger partial charge in [-0.25, -0.2) is 4.79 Å². The van der Waals surface area contributed by atoms with Gasteiger partial charge >= 0.3 is 5.97 Å². The van der Waals surface area contributed by atoms with Crippen molar-refractivity contribution in [2.24, 2.45) is 0 Å². The minimum atomic E-state index is -0.469. The maximum absolute atomic E-state index is 12.2. The molecule has 0 aliphatic carbocycles. The van der Waals surface area contributed by atoms with E-state index in [9.17, 15) is 9.59 Å². The van der Waals surface area contributed by atoms with E-state index in [0.29, 0.717) is 16.3 Å². The molecule has 0 fully saturated rings. The Morgan fingerprint density at radius 3 is 2.56 bits per heavy atom. The molecule has 0 atom stereocenters. The van der Waals surface area contributed by atoms with Crippen LogP contribution < -0.4 is 10.6 Å². The van der Waals surface area contributed by atoms with Gasteiger partial charge in [0.25, 0.3) is 0 Å². The van der Waals surface area contributed by atoms with Crippen LogP contribution in [-0.4, -0.2) is 25.0 Å². The maximum Gasteiger partial charge on any atom is 0.340 e. The molecule has 0 aromatic heterocycles. The van der Waals surface area contributed by atoms with E-state index >= 15 is 0 Å². The molecule has 132 valence electrons. The van der Waals surface area contributed by atoms with Crippen LogP contribution in [0.1, 0.15) is 28.4 Å². The number of amides is 1. The molecule has 0 heterocycles. The predicted molar refractivity (Wildman–Crippen MR) is 100 cm³/mol. The number of aryl methyl sites for hydroxylation is 2. The van der Waals surface area contributed by atoms with Crippen LogP contribution >= 0.6 is 11.6 Å². The fraction of sp³-hybridized carbons (Fsp3) is 0.263. The lowest BCUT2D eigenvalue weighted by Gasteiger charge is -2.14. The van der Waals surface area contributed by atoms with Crippen LogP contribution in [0.3, 0.4) is 0 Å². The zero-order valence-electron chi connectivity index (χ0n) is 14.5. The van der Waals surface area contributed by atoms with E-state index in [1.165, 1.54) is 0 Å². The number of carbonyl (C=O) groups is 2. The number of rotatable bonds is 6. The van der Waals surface area contributed by atoms with Gasteiger partial charge in [0.2, 0.25) is 5.91 Å². The molecule has 0 saturated carbocycles. The normalized spacial score (nSPS) is 10.2. The van der Waals surface area contributed by atoms with Gasteiger partial charge < -0.3 is 15.4 Å². The highest BCUT2D eigenvalue weighted by Gasteiger charge is 2.14. The van der Waals surface area contributed by atoms with Gasteiger partial charge in [-0.2, -0.15) is 0 Å². The Bertz CT molecular complexity index is 767. The molecule has 0 spiro atoms. The lowest BCUT2D eigenvalue weighted by molar-refractivity contribution is -0.114. The highest BCUT2D eigenvalue weighted by molar-refractivity contribution is 6.33. The van der Waals surface area contributed by atoms with Crippen molar-refractivity contribution in [3.63, 3.8) is 0 Å². The zero-order valence-corrected chi connectivity index (χ0v) is 15.2.